The number of esters is 1. The van der Waals surface area contributed by atoms with E-state index in [9.17, 15) is 14.4 Å². The van der Waals surface area contributed by atoms with Gasteiger partial charge in [-0.2, -0.15) is 0 Å². The minimum atomic E-state index is -0.598. The fourth-order valence-electron chi connectivity index (χ4n) is 4.69. The molecule has 0 saturated heterocycles. The van der Waals surface area contributed by atoms with Crippen molar-refractivity contribution >= 4 is 17.3 Å². The smallest absolute Gasteiger partial charge is 0.343 e. The second-order valence-corrected chi connectivity index (χ2v) is 10.6. The number of nitrogens with zero attached hydrogens (tertiary/aromatic N) is 1. The van der Waals surface area contributed by atoms with Crippen LogP contribution in [-0.4, -0.2) is 23.3 Å². The summed E-state index contributed by atoms with van der Waals surface area (Å²) in [6.45, 7) is 8.30. The molecule has 2 heterocycles. The van der Waals surface area contributed by atoms with Crippen LogP contribution in [0.15, 0.2) is 47.4 Å². The Labute approximate surface area is 200 Å². The molecule has 2 aromatic heterocycles. The van der Waals surface area contributed by atoms with E-state index >= 15 is 0 Å². The first-order valence-corrected chi connectivity index (χ1v) is 12.0. The number of fused-ring (bicyclic) bond motifs is 1. The summed E-state index contributed by atoms with van der Waals surface area (Å²) in [5.41, 5.74) is 5.96. The number of pyridine rings is 2. The maximum absolute atomic E-state index is 13.0. The van der Waals surface area contributed by atoms with Gasteiger partial charge >= 0.3 is 5.97 Å². The molecule has 0 radical (unpaired) electrons. The lowest BCUT2D eigenvalue weighted by molar-refractivity contribution is -0.120. The Kier molecular flexibility index (Phi) is 6.48. The van der Waals surface area contributed by atoms with Crippen molar-refractivity contribution < 1.29 is 14.3 Å². The summed E-state index contributed by atoms with van der Waals surface area (Å²) in [4.78, 5) is 37.4. The number of rotatable bonds is 7. The van der Waals surface area contributed by atoms with Crippen LogP contribution in [-0.2, 0) is 16.0 Å². The molecule has 4 rings (SSSR count). The van der Waals surface area contributed by atoms with Crippen LogP contribution >= 0.6 is 0 Å². The van der Waals surface area contributed by atoms with Crippen molar-refractivity contribution in [3.05, 3.63) is 75.2 Å². The summed E-state index contributed by atoms with van der Waals surface area (Å²) in [6, 6.07) is 12.0. The molecule has 0 atom stereocenters. The summed E-state index contributed by atoms with van der Waals surface area (Å²) < 4.78 is 6.43. The van der Waals surface area contributed by atoms with E-state index in [1.54, 1.807) is 16.7 Å². The first-order valence-electron chi connectivity index (χ1n) is 12.0. The van der Waals surface area contributed by atoms with Crippen molar-refractivity contribution in [2.75, 3.05) is 7.11 Å². The molecule has 5 heteroatoms. The van der Waals surface area contributed by atoms with E-state index in [-0.39, 0.29) is 16.5 Å². The van der Waals surface area contributed by atoms with Gasteiger partial charge in [0.2, 0.25) is 0 Å². The second kappa shape index (κ2) is 9.21. The van der Waals surface area contributed by atoms with Crippen LogP contribution in [0, 0.1) is 12.3 Å². The van der Waals surface area contributed by atoms with Crippen LogP contribution in [0.2, 0.25) is 0 Å². The average Bonchev–Trinajstić information content (AvgIpc) is 3.62. The predicted molar refractivity (Wildman–Crippen MR) is 135 cm³/mol. The maximum Gasteiger partial charge on any atom is 0.343 e. The number of hydrogen-bond donors (Lipinski definition) is 0. The van der Waals surface area contributed by atoms with Gasteiger partial charge in [0.15, 0.2) is 0 Å². The molecule has 1 aliphatic rings. The van der Waals surface area contributed by atoms with Crippen molar-refractivity contribution in [3.8, 4) is 11.1 Å². The van der Waals surface area contributed by atoms with Gasteiger partial charge in [0.25, 0.3) is 5.56 Å². The zero-order chi connectivity index (χ0) is 24.6. The van der Waals surface area contributed by atoms with E-state index in [4.69, 9.17) is 4.74 Å². The zero-order valence-electron chi connectivity index (χ0n) is 20.7. The summed E-state index contributed by atoms with van der Waals surface area (Å²) >= 11 is 0. The van der Waals surface area contributed by atoms with Crippen LogP contribution in [0.25, 0.3) is 16.6 Å². The number of ether oxygens (including phenoxy) is 1. The Morgan fingerprint density at radius 1 is 1.09 bits per heavy atom. The number of benzene rings is 1. The first-order chi connectivity index (χ1) is 16.1. The number of aryl methyl sites for hydroxylation is 2. The topological polar surface area (TPSA) is 64.8 Å². The molecule has 5 nitrogen and oxygen atoms in total. The third-order valence-corrected chi connectivity index (χ3v) is 6.52. The van der Waals surface area contributed by atoms with Crippen LogP contribution in [0.5, 0.6) is 0 Å². The van der Waals surface area contributed by atoms with Gasteiger partial charge in [-0.05, 0) is 77.5 Å². The van der Waals surface area contributed by atoms with Crippen molar-refractivity contribution in [3.63, 3.8) is 0 Å². The van der Waals surface area contributed by atoms with Gasteiger partial charge in [0.05, 0.1) is 12.6 Å². The highest BCUT2D eigenvalue weighted by Crippen LogP contribution is 2.43. The predicted octanol–water partition coefficient (Wildman–Crippen LogP) is 5.88. The Balaban J connectivity index is 1.66. The molecule has 0 bridgehead atoms. The summed E-state index contributed by atoms with van der Waals surface area (Å²) in [5, 5.41) is 0. The number of hydrogen-bond acceptors (Lipinski definition) is 4. The van der Waals surface area contributed by atoms with Crippen LogP contribution < -0.4 is 5.56 Å². The van der Waals surface area contributed by atoms with Gasteiger partial charge in [-0.15, -0.1) is 0 Å². The number of Topliss-reactive ketones (excluding diaryl/α,β-unsaturated/α-hetero) is 1. The molecule has 3 aromatic rings. The minimum Gasteiger partial charge on any atom is -0.465 e. The largest absolute Gasteiger partial charge is 0.465 e. The molecule has 0 amide bonds. The number of aromatic nitrogens is 1. The van der Waals surface area contributed by atoms with Crippen molar-refractivity contribution in [1.82, 2.24) is 4.40 Å². The summed E-state index contributed by atoms with van der Waals surface area (Å²) in [5.74, 6) is 0.0619. The van der Waals surface area contributed by atoms with Gasteiger partial charge < -0.3 is 4.74 Å². The standard InChI is InChI=1S/C29H33NO4/c1-18-23(20-9-6-19(7-10-20)8-13-22(31)17-29(2,3)4)14-15-30-26(18)24(21-11-12-21)16-25(27(30)32)28(33)34-5/h6-7,9-10,14-16,21H,8,11-13,17H2,1-5H3. The van der Waals surface area contributed by atoms with E-state index < -0.39 is 5.97 Å². The molecule has 0 aliphatic heterocycles. The number of carbonyl (C=O) groups is 2. The molecule has 0 unspecified atom stereocenters. The molecule has 0 spiro atoms. The lowest BCUT2D eigenvalue weighted by Crippen LogP contribution is -2.24. The van der Waals surface area contributed by atoms with E-state index in [1.165, 1.54) is 7.11 Å². The molecule has 1 aromatic carbocycles. The Morgan fingerprint density at radius 3 is 2.35 bits per heavy atom. The SMILES string of the molecule is COC(=O)c1cc(C2CC2)c2c(C)c(-c3ccc(CCC(=O)CC(C)(C)C)cc3)ccn2c1=O. The minimum absolute atomic E-state index is 0.0213. The average molecular weight is 460 g/mol. The summed E-state index contributed by atoms with van der Waals surface area (Å²) in [7, 11) is 1.30. The molecule has 1 fully saturated rings. The first kappa shape index (κ1) is 23.9. The highest BCUT2D eigenvalue weighted by atomic mass is 16.5. The molecule has 1 saturated carbocycles. The molecule has 178 valence electrons. The zero-order valence-corrected chi connectivity index (χ0v) is 20.7. The van der Waals surface area contributed by atoms with Crippen LogP contribution in [0.4, 0.5) is 0 Å². The second-order valence-electron chi connectivity index (χ2n) is 10.6. The number of methoxy groups -OCH3 is 1. The summed E-state index contributed by atoms with van der Waals surface area (Å²) in [6.07, 6.45) is 5.77. The fraction of sp³-hybridized carbons (Fsp3) is 0.414. The number of ketones is 1. The van der Waals surface area contributed by atoms with Gasteiger partial charge in [0, 0.05) is 19.0 Å². The Morgan fingerprint density at radius 2 is 1.76 bits per heavy atom. The van der Waals surface area contributed by atoms with E-state index in [2.05, 4.69) is 45.0 Å². The van der Waals surface area contributed by atoms with Gasteiger partial charge in [0.1, 0.15) is 11.3 Å². The molecular formula is C29H33NO4. The lowest BCUT2D eigenvalue weighted by Gasteiger charge is -2.17. The van der Waals surface area contributed by atoms with Gasteiger partial charge in [-0.25, -0.2) is 4.79 Å². The van der Waals surface area contributed by atoms with Gasteiger partial charge in [-0.1, -0.05) is 45.0 Å². The molecular weight excluding hydrogens is 426 g/mol. The van der Waals surface area contributed by atoms with Crippen molar-refractivity contribution in [2.24, 2.45) is 5.41 Å². The van der Waals surface area contributed by atoms with E-state index in [0.29, 0.717) is 24.5 Å². The van der Waals surface area contributed by atoms with Crippen molar-refractivity contribution in [2.45, 2.75) is 65.7 Å². The highest BCUT2D eigenvalue weighted by molar-refractivity contribution is 5.90. The fourth-order valence-corrected chi connectivity index (χ4v) is 4.69. The van der Waals surface area contributed by atoms with E-state index in [0.717, 1.165) is 52.6 Å². The molecule has 34 heavy (non-hydrogen) atoms. The highest BCUT2D eigenvalue weighted by Gasteiger charge is 2.29. The van der Waals surface area contributed by atoms with Gasteiger partial charge in [-0.3, -0.25) is 14.0 Å². The molecule has 0 N–H and O–H groups in total. The third-order valence-electron chi connectivity index (χ3n) is 6.52. The van der Waals surface area contributed by atoms with Crippen LogP contribution in [0.3, 0.4) is 0 Å². The Bertz CT molecular complexity index is 1310. The number of carbonyl (C=O) groups excluding carboxylic acids is 2. The quantitative estimate of drug-likeness (QED) is 0.414. The normalized spacial score (nSPS) is 13.8. The lowest BCUT2D eigenvalue weighted by atomic mass is 9.88. The maximum atomic E-state index is 13.0. The molecule has 1 aliphatic carbocycles. The van der Waals surface area contributed by atoms with Crippen molar-refractivity contribution in [1.29, 1.82) is 0 Å². The monoisotopic (exact) mass is 459 g/mol. The van der Waals surface area contributed by atoms with Crippen LogP contribution in [0.1, 0.15) is 79.4 Å². The third kappa shape index (κ3) is 4.98. The Hall–Kier alpha value is -3.21. The van der Waals surface area contributed by atoms with E-state index in [1.807, 2.05) is 13.0 Å².